The maximum atomic E-state index is 11.8. The Morgan fingerprint density at radius 3 is 2.61 bits per heavy atom. The van der Waals surface area contributed by atoms with Gasteiger partial charge in [0.2, 0.25) is 5.91 Å². The van der Waals surface area contributed by atoms with E-state index in [1.54, 1.807) is 43.3 Å². The Balaban J connectivity index is 1.94. The van der Waals surface area contributed by atoms with Crippen LogP contribution >= 0.6 is 27.5 Å². The van der Waals surface area contributed by atoms with Crippen LogP contribution in [0.25, 0.3) is 0 Å². The first kappa shape index (κ1) is 17.2. The van der Waals surface area contributed by atoms with E-state index in [1.807, 2.05) is 6.07 Å². The zero-order valence-corrected chi connectivity index (χ0v) is 14.5. The number of aryl methyl sites for hydroxylation is 1. The SMILES string of the molecule is Cc1cc(OC(=O)/C=C/C(=O)Nc2ccccc2Br)ccc1Cl. The van der Waals surface area contributed by atoms with Crippen LogP contribution in [-0.4, -0.2) is 11.9 Å². The van der Waals surface area contributed by atoms with Crippen LogP contribution in [0.5, 0.6) is 5.75 Å². The Hall–Kier alpha value is -2.11. The minimum atomic E-state index is -0.644. The molecule has 6 heteroatoms. The normalized spacial score (nSPS) is 10.6. The van der Waals surface area contributed by atoms with Crippen LogP contribution in [0.15, 0.2) is 59.1 Å². The van der Waals surface area contributed by atoms with E-state index in [1.165, 1.54) is 0 Å². The first-order valence-corrected chi connectivity index (χ1v) is 7.84. The maximum absolute atomic E-state index is 11.8. The van der Waals surface area contributed by atoms with Gasteiger partial charge in [-0.2, -0.15) is 0 Å². The van der Waals surface area contributed by atoms with Gasteiger partial charge in [0.05, 0.1) is 5.69 Å². The molecule has 1 N–H and O–H groups in total. The average molecular weight is 395 g/mol. The lowest BCUT2D eigenvalue weighted by atomic mass is 10.2. The Labute approximate surface area is 147 Å². The fourth-order valence-electron chi connectivity index (χ4n) is 1.71. The summed E-state index contributed by atoms with van der Waals surface area (Å²) >= 11 is 9.22. The number of anilines is 1. The van der Waals surface area contributed by atoms with Crippen LogP contribution in [0.3, 0.4) is 0 Å². The number of rotatable bonds is 4. The molecule has 0 aliphatic rings. The minimum absolute atomic E-state index is 0.368. The molecule has 1 amide bonds. The van der Waals surface area contributed by atoms with Gasteiger partial charge in [-0.15, -0.1) is 0 Å². The first-order valence-electron chi connectivity index (χ1n) is 6.67. The molecule has 0 aromatic heterocycles. The van der Waals surface area contributed by atoms with Crippen molar-refractivity contribution in [3.05, 3.63) is 69.7 Å². The number of carbonyl (C=O) groups excluding carboxylic acids is 2. The van der Waals surface area contributed by atoms with Crippen molar-refractivity contribution in [1.82, 2.24) is 0 Å². The lowest BCUT2D eigenvalue weighted by Crippen LogP contribution is -2.10. The highest BCUT2D eigenvalue weighted by molar-refractivity contribution is 9.10. The molecular formula is C17H13BrClNO3. The third kappa shape index (κ3) is 5.23. The van der Waals surface area contributed by atoms with E-state index in [2.05, 4.69) is 21.2 Å². The van der Waals surface area contributed by atoms with Gasteiger partial charge in [0.1, 0.15) is 5.75 Å². The first-order chi connectivity index (χ1) is 11.0. The molecule has 0 saturated heterocycles. The quantitative estimate of drug-likeness (QED) is 0.471. The van der Waals surface area contributed by atoms with E-state index >= 15 is 0 Å². The summed E-state index contributed by atoms with van der Waals surface area (Å²) < 4.78 is 5.85. The van der Waals surface area contributed by atoms with Crippen LogP contribution < -0.4 is 10.1 Å². The zero-order chi connectivity index (χ0) is 16.8. The molecule has 2 aromatic rings. The maximum Gasteiger partial charge on any atom is 0.336 e. The summed E-state index contributed by atoms with van der Waals surface area (Å²) in [5, 5.41) is 3.24. The molecule has 0 saturated carbocycles. The zero-order valence-electron chi connectivity index (χ0n) is 12.2. The number of hydrogen-bond acceptors (Lipinski definition) is 3. The second kappa shape index (κ2) is 7.94. The number of amides is 1. The molecule has 4 nitrogen and oxygen atoms in total. The molecule has 23 heavy (non-hydrogen) atoms. The summed E-state index contributed by atoms with van der Waals surface area (Å²) in [4.78, 5) is 23.5. The van der Waals surface area contributed by atoms with Crippen LogP contribution in [0.4, 0.5) is 5.69 Å². The smallest absolute Gasteiger partial charge is 0.336 e. The molecule has 0 bridgehead atoms. The van der Waals surface area contributed by atoms with Crippen molar-refractivity contribution in [2.24, 2.45) is 0 Å². The molecule has 0 heterocycles. The topological polar surface area (TPSA) is 55.4 Å². The number of ether oxygens (including phenoxy) is 1. The lowest BCUT2D eigenvalue weighted by Gasteiger charge is -2.05. The van der Waals surface area contributed by atoms with E-state index in [4.69, 9.17) is 16.3 Å². The van der Waals surface area contributed by atoms with Crippen molar-refractivity contribution in [1.29, 1.82) is 0 Å². The molecule has 0 atom stereocenters. The molecule has 0 aliphatic heterocycles. The second-order valence-corrected chi connectivity index (χ2v) is 5.90. The third-order valence-corrected chi connectivity index (χ3v) is 3.97. The van der Waals surface area contributed by atoms with Gasteiger partial charge in [-0.05, 0) is 58.7 Å². The summed E-state index contributed by atoms with van der Waals surface area (Å²) in [7, 11) is 0. The Morgan fingerprint density at radius 2 is 1.91 bits per heavy atom. The summed E-state index contributed by atoms with van der Waals surface area (Å²) in [6.45, 7) is 1.81. The molecule has 0 fully saturated rings. The van der Waals surface area contributed by atoms with Crippen molar-refractivity contribution in [2.75, 3.05) is 5.32 Å². The van der Waals surface area contributed by atoms with Gasteiger partial charge in [-0.25, -0.2) is 4.79 Å². The van der Waals surface area contributed by atoms with E-state index in [0.717, 1.165) is 22.2 Å². The van der Waals surface area contributed by atoms with Gasteiger partial charge < -0.3 is 10.1 Å². The molecule has 2 rings (SSSR count). The van der Waals surface area contributed by atoms with E-state index in [9.17, 15) is 9.59 Å². The van der Waals surface area contributed by atoms with Gasteiger partial charge in [0.25, 0.3) is 0 Å². The largest absolute Gasteiger partial charge is 0.423 e. The van der Waals surface area contributed by atoms with Crippen molar-refractivity contribution in [2.45, 2.75) is 6.92 Å². The van der Waals surface area contributed by atoms with Crippen molar-refractivity contribution in [3.8, 4) is 5.75 Å². The van der Waals surface area contributed by atoms with E-state index in [-0.39, 0.29) is 0 Å². The number of hydrogen-bond donors (Lipinski definition) is 1. The Bertz CT molecular complexity index is 774. The van der Waals surface area contributed by atoms with Gasteiger partial charge in [-0.3, -0.25) is 4.79 Å². The number of carbonyl (C=O) groups is 2. The van der Waals surface area contributed by atoms with Crippen LogP contribution in [-0.2, 0) is 9.59 Å². The Kier molecular flexibility index (Phi) is 5.96. The van der Waals surface area contributed by atoms with Gasteiger partial charge in [-0.1, -0.05) is 23.7 Å². The fourth-order valence-corrected chi connectivity index (χ4v) is 2.21. The molecular weight excluding hydrogens is 382 g/mol. The molecule has 0 radical (unpaired) electrons. The summed E-state index contributed by atoms with van der Waals surface area (Å²) in [6.07, 6.45) is 2.18. The predicted molar refractivity (Wildman–Crippen MR) is 93.7 cm³/mol. The van der Waals surface area contributed by atoms with Crippen molar-refractivity contribution >= 4 is 45.1 Å². The standard InChI is InChI=1S/C17H13BrClNO3/c1-11-10-12(6-7-14(11)19)23-17(22)9-8-16(21)20-15-5-3-2-4-13(15)18/h2-10H,1H3,(H,20,21)/b9-8+. The molecule has 2 aromatic carbocycles. The number of benzene rings is 2. The molecule has 0 unspecified atom stereocenters. The van der Waals surface area contributed by atoms with Crippen LogP contribution in [0.1, 0.15) is 5.56 Å². The summed E-state index contributed by atoms with van der Waals surface area (Å²) in [6, 6.07) is 12.0. The summed E-state index contributed by atoms with van der Waals surface area (Å²) in [5.74, 6) is -0.706. The van der Waals surface area contributed by atoms with Crippen molar-refractivity contribution < 1.29 is 14.3 Å². The second-order valence-electron chi connectivity index (χ2n) is 4.63. The third-order valence-electron chi connectivity index (χ3n) is 2.85. The average Bonchev–Trinajstić information content (AvgIpc) is 2.51. The van der Waals surface area contributed by atoms with E-state index in [0.29, 0.717) is 16.5 Å². The lowest BCUT2D eigenvalue weighted by molar-refractivity contribution is -0.129. The Morgan fingerprint density at radius 1 is 1.17 bits per heavy atom. The summed E-state index contributed by atoms with van der Waals surface area (Å²) in [5.41, 5.74) is 1.41. The minimum Gasteiger partial charge on any atom is -0.423 e. The van der Waals surface area contributed by atoms with Crippen LogP contribution in [0.2, 0.25) is 5.02 Å². The van der Waals surface area contributed by atoms with Crippen molar-refractivity contribution in [3.63, 3.8) is 0 Å². The fraction of sp³-hybridized carbons (Fsp3) is 0.0588. The number of nitrogens with one attached hydrogen (secondary N) is 1. The highest BCUT2D eigenvalue weighted by Gasteiger charge is 2.05. The molecule has 118 valence electrons. The number of esters is 1. The molecule has 0 aliphatic carbocycles. The van der Waals surface area contributed by atoms with Gasteiger partial charge >= 0.3 is 5.97 Å². The van der Waals surface area contributed by atoms with E-state index < -0.39 is 11.9 Å². The number of halogens is 2. The number of para-hydroxylation sites is 1. The monoisotopic (exact) mass is 393 g/mol. The molecule has 0 spiro atoms. The predicted octanol–water partition coefficient (Wildman–Crippen LogP) is 4.51. The van der Waals surface area contributed by atoms with Crippen LogP contribution in [0, 0.1) is 6.92 Å². The van der Waals surface area contributed by atoms with Gasteiger partial charge in [0.15, 0.2) is 0 Å². The highest BCUT2D eigenvalue weighted by atomic mass is 79.9. The van der Waals surface area contributed by atoms with Gasteiger partial charge in [0, 0.05) is 21.6 Å². The highest BCUT2D eigenvalue weighted by Crippen LogP contribution is 2.22.